The fourth-order valence-corrected chi connectivity index (χ4v) is 9.77. The normalized spacial score (nSPS) is 15.4. The first kappa shape index (κ1) is 24.6. The Hall–Kier alpha value is -5.66. The van der Waals surface area contributed by atoms with Gasteiger partial charge in [0.05, 0.1) is 10.8 Å². The van der Waals surface area contributed by atoms with Crippen LogP contribution in [0.1, 0.15) is 50.1 Å². The highest BCUT2D eigenvalue weighted by Gasteiger charge is 2.59. The first-order valence-electron chi connectivity index (χ1n) is 16.2. The maximum absolute atomic E-state index is 6.80. The summed E-state index contributed by atoms with van der Waals surface area (Å²) >= 11 is 0. The molecule has 0 atom stereocenters. The van der Waals surface area contributed by atoms with E-state index in [4.69, 9.17) is 4.42 Å². The van der Waals surface area contributed by atoms with E-state index in [9.17, 15) is 0 Å². The molecule has 0 bridgehead atoms. The molecule has 8 aromatic rings. The lowest BCUT2D eigenvalue weighted by molar-refractivity contribution is 0.631. The second-order valence-corrected chi connectivity index (χ2v) is 13.1. The van der Waals surface area contributed by atoms with Crippen LogP contribution >= 0.6 is 0 Å². The summed E-state index contributed by atoms with van der Waals surface area (Å²) in [5, 5.41) is 2.34. The average molecular weight is 585 g/mol. The predicted molar refractivity (Wildman–Crippen MR) is 187 cm³/mol. The second-order valence-electron chi connectivity index (χ2n) is 13.1. The molecule has 0 aliphatic heterocycles. The minimum atomic E-state index is -0.505. The Kier molecular flexibility index (Phi) is 4.46. The van der Waals surface area contributed by atoms with Crippen LogP contribution in [0.2, 0.25) is 0 Å². The van der Waals surface area contributed by atoms with E-state index in [1.54, 1.807) is 0 Å². The highest BCUT2D eigenvalue weighted by Crippen LogP contribution is 2.68. The highest BCUT2D eigenvalue weighted by atomic mass is 16.3. The van der Waals surface area contributed by atoms with E-state index < -0.39 is 10.8 Å². The molecule has 214 valence electrons. The van der Waals surface area contributed by atoms with Gasteiger partial charge in [0.2, 0.25) is 0 Å². The van der Waals surface area contributed by atoms with Crippen molar-refractivity contribution in [3.05, 3.63) is 202 Å². The van der Waals surface area contributed by atoms with Crippen LogP contribution in [0.4, 0.5) is 0 Å². The molecular weight excluding hydrogens is 556 g/mol. The van der Waals surface area contributed by atoms with Crippen LogP contribution in [0.3, 0.4) is 0 Å². The summed E-state index contributed by atoms with van der Waals surface area (Å²) < 4.78 is 6.80. The first-order valence-corrected chi connectivity index (χ1v) is 16.2. The van der Waals surface area contributed by atoms with E-state index in [0.717, 1.165) is 11.2 Å². The van der Waals surface area contributed by atoms with E-state index in [1.807, 2.05) is 0 Å². The van der Waals surface area contributed by atoms with Crippen molar-refractivity contribution >= 4 is 21.9 Å². The number of hydrogen-bond acceptors (Lipinski definition) is 1. The largest absolute Gasteiger partial charge is 0.455 e. The zero-order valence-electron chi connectivity index (χ0n) is 25.3. The molecule has 0 saturated heterocycles. The summed E-state index contributed by atoms with van der Waals surface area (Å²) in [5.41, 5.74) is 18.2. The van der Waals surface area contributed by atoms with E-state index in [2.05, 4.69) is 159 Å². The van der Waals surface area contributed by atoms with Crippen LogP contribution in [0.25, 0.3) is 44.2 Å². The molecule has 3 aliphatic carbocycles. The van der Waals surface area contributed by atoms with Gasteiger partial charge in [0.1, 0.15) is 11.2 Å². The Bertz CT molecular complexity index is 2520. The second kappa shape index (κ2) is 8.33. The Balaban J connectivity index is 1.37. The third kappa shape index (κ3) is 2.57. The van der Waals surface area contributed by atoms with E-state index in [0.29, 0.717) is 0 Å². The van der Waals surface area contributed by atoms with E-state index in [1.165, 1.54) is 83.1 Å². The Morgan fingerprint density at radius 2 is 0.848 bits per heavy atom. The van der Waals surface area contributed by atoms with Gasteiger partial charge in [-0.2, -0.15) is 0 Å². The van der Waals surface area contributed by atoms with Gasteiger partial charge in [-0.25, -0.2) is 0 Å². The van der Waals surface area contributed by atoms with Gasteiger partial charge in [-0.1, -0.05) is 146 Å². The zero-order chi connectivity index (χ0) is 30.2. The van der Waals surface area contributed by atoms with Crippen molar-refractivity contribution in [1.82, 2.24) is 0 Å². The Labute approximate surface area is 267 Å². The number of furan rings is 1. The van der Waals surface area contributed by atoms with Gasteiger partial charge in [-0.05, 0) is 79.8 Å². The van der Waals surface area contributed by atoms with Crippen molar-refractivity contribution in [3.8, 4) is 22.3 Å². The van der Waals surface area contributed by atoms with Crippen LogP contribution < -0.4 is 0 Å². The highest BCUT2D eigenvalue weighted by molar-refractivity contribution is 6.13. The lowest BCUT2D eigenvalue weighted by Crippen LogP contribution is -2.43. The maximum atomic E-state index is 6.80. The van der Waals surface area contributed by atoms with Gasteiger partial charge in [0, 0.05) is 16.3 Å². The van der Waals surface area contributed by atoms with Crippen LogP contribution in [-0.2, 0) is 10.8 Å². The molecule has 0 radical (unpaired) electrons. The molecule has 1 heteroatoms. The summed E-state index contributed by atoms with van der Waals surface area (Å²) in [7, 11) is 0. The van der Waals surface area contributed by atoms with Crippen molar-refractivity contribution in [2.75, 3.05) is 0 Å². The monoisotopic (exact) mass is 584 g/mol. The average Bonchev–Trinajstić information content (AvgIpc) is 3.74. The third-order valence-electron chi connectivity index (χ3n) is 11.3. The molecule has 1 nitrogen and oxygen atoms in total. The van der Waals surface area contributed by atoms with E-state index >= 15 is 0 Å². The molecule has 1 aromatic heterocycles. The van der Waals surface area contributed by atoms with Crippen LogP contribution in [-0.4, -0.2) is 0 Å². The Morgan fingerprint density at radius 3 is 1.48 bits per heavy atom. The minimum absolute atomic E-state index is 0.429. The fraction of sp³-hybridized carbons (Fsp3) is 0.0667. The number of hydrogen-bond donors (Lipinski definition) is 0. The smallest absolute Gasteiger partial charge is 0.143 e. The number of rotatable bonds is 0. The number of benzene rings is 7. The van der Waals surface area contributed by atoms with Crippen molar-refractivity contribution in [2.45, 2.75) is 17.8 Å². The lowest BCUT2D eigenvalue weighted by atomic mass is 9.52. The Morgan fingerprint density at radius 1 is 0.370 bits per heavy atom. The van der Waals surface area contributed by atoms with Gasteiger partial charge in [0.15, 0.2) is 0 Å². The topological polar surface area (TPSA) is 13.1 Å². The maximum Gasteiger partial charge on any atom is 0.143 e. The van der Waals surface area contributed by atoms with Crippen molar-refractivity contribution in [3.63, 3.8) is 0 Å². The van der Waals surface area contributed by atoms with Gasteiger partial charge >= 0.3 is 0 Å². The SMILES string of the molecule is Cc1cccc2c1-c1c(ccc3c1oc1ccccc13)C21c2ccccc2C2(c3ccccc3-c3ccccc32)c2ccccc21. The van der Waals surface area contributed by atoms with Gasteiger partial charge in [-0.3, -0.25) is 0 Å². The predicted octanol–water partition coefficient (Wildman–Crippen LogP) is 10.9. The molecule has 7 aromatic carbocycles. The minimum Gasteiger partial charge on any atom is -0.455 e. The molecule has 0 unspecified atom stereocenters. The summed E-state index contributed by atoms with van der Waals surface area (Å²) in [5.74, 6) is 0. The van der Waals surface area contributed by atoms with Crippen LogP contribution in [0, 0.1) is 6.92 Å². The first-order chi connectivity index (χ1) is 22.8. The van der Waals surface area contributed by atoms with E-state index in [-0.39, 0.29) is 0 Å². The molecule has 2 spiro atoms. The number of aryl methyl sites for hydroxylation is 1. The molecule has 0 amide bonds. The molecule has 3 aliphatic rings. The molecule has 46 heavy (non-hydrogen) atoms. The molecule has 0 saturated carbocycles. The summed E-state index contributed by atoms with van der Waals surface area (Å²) in [6, 6.07) is 56.7. The van der Waals surface area contributed by atoms with Crippen LogP contribution in [0.5, 0.6) is 0 Å². The lowest BCUT2D eigenvalue weighted by Gasteiger charge is -2.48. The van der Waals surface area contributed by atoms with Crippen molar-refractivity contribution in [1.29, 1.82) is 0 Å². The zero-order valence-corrected chi connectivity index (χ0v) is 25.3. The van der Waals surface area contributed by atoms with Crippen LogP contribution in [0.15, 0.2) is 156 Å². The molecule has 0 N–H and O–H groups in total. The van der Waals surface area contributed by atoms with Gasteiger partial charge in [-0.15, -0.1) is 0 Å². The summed E-state index contributed by atoms with van der Waals surface area (Å²) in [6.45, 7) is 2.26. The molecular formula is C45H28O. The molecule has 1 heterocycles. The fourth-order valence-electron chi connectivity index (χ4n) is 9.77. The van der Waals surface area contributed by atoms with Gasteiger partial charge in [0.25, 0.3) is 0 Å². The molecule has 0 fully saturated rings. The summed E-state index contributed by atoms with van der Waals surface area (Å²) in [4.78, 5) is 0. The summed E-state index contributed by atoms with van der Waals surface area (Å²) in [6.07, 6.45) is 0. The third-order valence-corrected chi connectivity index (χ3v) is 11.3. The quantitative estimate of drug-likeness (QED) is 0.173. The number of fused-ring (bicyclic) bond motifs is 20. The van der Waals surface area contributed by atoms with Crippen molar-refractivity contribution < 1.29 is 4.42 Å². The van der Waals surface area contributed by atoms with Crippen molar-refractivity contribution in [2.24, 2.45) is 0 Å². The van der Waals surface area contributed by atoms with Gasteiger partial charge < -0.3 is 4.42 Å². The number of para-hydroxylation sites is 1. The standard InChI is InChI=1S/C45H28O/c1-27-13-12-23-38-41(27)42-39(26-25-31-30-16-4-11-24-40(30)46-43(31)42)45(38)36-21-9-7-19-34(36)44(35-20-8-10-22-37(35)45)32-17-5-2-14-28(32)29-15-3-6-18-33(29)44/h2-26H,1H3. The molecule has 11 rings (SSSR count).